The van der Waals surface area contributed by atoms with E-state index in [1.54, 1.807) is 20.8 Å². The van der Waals surface area contributed by atoms with E-state index >= 15 is 0 Å². The van der Waals surface area contributed by atoms with E-state index in [-0.39, 0.29) is 50.5 Å². The first-order valence-electron chi connectivity index (χ1n) is 34.9. The molecule has 0 saturated carbocycles. The molecule has 1 aromatic rings. The van der Waals surface area contributed by atoms with Gasteiger partial charge in [-0.2, -0.15) is 5.48 Å². The number of nitrogens with zero attached hydrogens (tertiary/aromatic N) is 1. The minimum Gasteiger partial charge on any atom is -0.508 e. The molecule has 23 N–H and O–H groups in total. The third-order valence-corrected chi connectivity index (χ3v) is 16.1. The van der Waals surface area contributed by atoms with Crippen molar-refractivity contribution in [2.24, 2.45) is 33.8 Å². The van der Waals surface area contributed by atoms with Crippen LogP contribution in [0.5, 0.6) is 5.75 Å². The molecule has 0 unspecified atom stereocenters. The summed E-state index contributed by atoms with van der Waals surface area (Å²) < 4.78 is 0. The van der Waals surface area contributed by atoms with Crippen LogP contribution in [0.3, 0.4) is 0 Å². The number of unbranched alkanes of at least 4 members (excludes halogenated alkanes) is 14. The third-order valence-electron chi connectivity index (χ3n) is 16.1. The fraction of sp³-hybridized carbons (Fsp3) is 0.697. The van der Waals surface area contributed by atoms with Crippen LogP contribution in [0.15, 0.2) is 29.3 Å². The van der Waals surface area contributed by atoms with E-state index in [2.05, 4.69) is 81.2 Å². The number of phenolic OH excluding ortho intramolecular Hbond substituents is 1. The summed E-state index contributed by atoms with van der Waals surface area (Å²) in [5.41, 5.74) is 24.9. The molecule has 0 aliphatic carbocycles. The summed E-state index contributed by atoms with van der Waals surface area (Å²) in [6.07, 6.45) is 18.4. The summed E-state index contributed by atoms with van der Waals surface area (Å²) in [5, 5.41) is 49.1. The van der Waals surface area contributed by atoms with Crippen LogP contribution < -0.4 is 92.2 Å². The molecule has 100 heavy (non-hydrogen) atoms. The second-order valence-electron chi connectivity index (χ2n) is 24.9. The van der Waals surface area contributed by atoms with Gasteiger partial charge in [-0.1, -0.05) is 123 Å². The van der Waals surface area contributed by atoms with Crippen molar-refractivity contribution < 1.29 is 77.4 Å². The normalized spacial score (nSPS) is 14.0. The van der Waals surface area contributed by atoms with Crippen LogP contribution in [0, 0.1) is 5.92 Å². The van der Waals surface area contributed by atoms with Crippen molar-refractivity contribution in [1.29, 1.82) is 0 Å². The van der Waals surface area contributed by atoms with Gasteiger partial charge < -0.3 is 102 Å². The highest BCUT2D eigenvalue weighted by Crippen LogP contribution is 2.16. The molecule has 1 aromatic carbocycles. The van der Waals surface area contributed by atoms with Crippen LogP contribution in [0.4, 0.5) is 0 Å². The number of aliphatic hydroxyl groups is 1. The van der Waals surface area contributed by atoms with Crippen LogP contribution in [-0.4, -0.2) is 200 Å². The number of carbonyl (C=O) groups is 13. The largest absolute Gasteiger partial charge is 0.508 e. The first-order valence-corrected chi connectivity index (χ1v) is 34.9. The van der Waals surface area contributed by atoms with Crippen LogP contribution >= 0.6 is 0 Å². The third kappa shape index (κ3) is 40.3. The number of guanidine groups is 1. The maximum atomic E-state index is 14.2. The number of nitrogens with two attached hydrogens (primary N) is 4. The molecule has 0 aliphatic rings. The maximum Gasteiger partial charge on any atom is 0.245 e. The van der Waals surface area contributed by atoms with Crippen LogP contribution in [0.1, 0.15) is 182 Å². The fourth-order valence-corrected chi connectivity index (χ4v) is 9.71. The highest BCUT2D eigenvalue weighted by Gasteiger charge is 2.34. The number of hydroxylamine groups is 1. The molecular formula is C66H116N18O16. The van der Waals surface area contributed by atoms with Gasteiger partial charge in [-0.25, -0.2) is 0 Å². The lowest BCUT2D eigenvalue weighted by Gasteiger charge is -2.28. The Labute approximate surface area is 586 Å². The number of carbonyl (C=O) groups excluding carboxylic acids is 13. The van der Waals surface area contributed by atoms with E-state index in [1.165, 1.54) is 116 Å². The van der Waals surface area contributed by atoms with Gasteiger partial charge >= 0.3 is 0 Å². The minimum atomic E-state index is -1.58. The van der Waals surface area contributed by atoms with E-state index in [1.807, 2.05) is 0 Å². The molecule has 13 amide bonds. The number of nitrogens with one attached hydrogen (secondary N) is 13. The molecule has 34 nitrogen and oxygen atoms in total. The van der Waals surface area contributed by atoms with Gasteiger partial charge in [-0.05, 0) is 96.4 Å². The molecule has 1 rings (SSSR count). The summed E-state index contributed by atoms with van der Waals surface area (Å²) in [6, 6.07) is -5.33. The monoisotopic (exact) mass is 1420 g/mol. The summed E-state index contributed by atoms with van der Waals surface area (Å²) in [7, 11) is 0. The molecule has 0 saturated heterocycles. The number of primary amides is 1. The molecule has 0 fully saturated rings. The summed E-state index contributed by atoms with van der Waals surface area (Å²) in [5.74, 6) is -11.5. The number of phenols is 1. The van der Waals surface area contributed by atoms with Crippen molar-refractivity contribution in [3.8, 4) is 5.75 Å². The zero-order valence-corrected chi connectivity index (χ0v) is 59.5. The Hall–Kier alpha value is -8.76. The van der Waals surface area contributed by atoms with Crippen molar-refractivity contribution in [1.82, 2.24) is 69.3 Å². The molecule has 0 aromatic heterocycles. The van der Waals surface area contributed by atoms with Crippen molar-refractivity contribution >= 4 is 82.8 Å². The highest BCUT2D eigenvalue weighted by atomic mass is 16.6. The van der Waals surface area contributed by atoms with E-state index in [9.17, 15) is 72.5 Å². The van der Waals surface area contributed by atoms with E-state index in [4.69, 9.17) is 27.8 Å². The Kier molecular flexibility index (Phi) is 46.7. The second kappa shape index (κ2) is 52.3. The van der Waals surface area contributed by atoms with E-state index in [0.29, 0.717) is 31.4 Å². The molecule has 566 valence electrons. The number of amides is 13. The van der Waals surface area contributed by atoms with Crippen molar-refractivity contribution in [3.63, 3.8) is 0 Å². The quantitative estimate of drug-likeness (QED) is 0.0138. The first kappa shape index (κ1) is 89.3. The number of hydrogen-bond donors (Lipinski definition) is 19. The number of aromatic hydroxyl groups is 1. The van der Waals surface area contributed by atoms with Crippen molar-refractivity contribution in [2.45, 2.75) is 238 Å². The lowest BCUT2D eigenvalue weighted by atomic mass is 9.97. The smallest absolute Gasteiger partial charge is 0.245 e. The van der Waals surface area contributed by atoms with Gasteiger partial charge in [-0.3, -0.25) is 67.3 Å². The van der Waals surface area contributed by atoms with Gasteiger partial charge in [0.15, 0.2) is 5.96 Å². The Morgan fingerprint density at radius 3 is 1.40 bits per heavy atom. The molecular weight excluding hydrogens is 1300 g/mol. The summed E-state index contributed by atoms with van der Waals surface area (Å²) in [6.45, 7) is 8.47. The number of benzene rings is 1. The summed E-state index contributed by atoms with van der Waals surface area (Å²) >= 11 is 0. The molecule has 10 atom stereocenters. The Balaban J connectivity index is 2.76. The predicted molar refractivity (Wildman–Crippen MR) is 374 cm³/mol. The van der Waals surface area contributed by atoms with Crippen LogP contribution in [-0.2, 0) is 73.6 Å². The van der Waals surface area contributed by atoms with Gasteiger partial charge in [0.25, 0.3) is 0 Å². The Morgan fingerprint density at radius 2 is 0.890 bits per heavy atom. The van der Waals surface area contributed by atoms with Crippen molar-refractivity contribution in [3.05, 3.63) is 29.8 Å². The number of rotatable bonds is 55. The van der Waals surface area contributed by atoms with Crippen LogP contribution in [0.25, 0.3) is 0 Å². The van der Waals surface area contributed by atoms with E-state index < -0.39 is 170 Å². The number of aliphatic imine (C=N–C) groups is 1. The molecule has 0 bridgehead atoms. The highest BCUT2D eigenvalue weighted by molar-refractivity contribution is 5.98. The molecule has 0 spiro atoms. The number of aliphatic hydroxyl groups excluding tert-OH is 1. The summed E-state index contributed by atoms with van der Waals surface area (Å²) in [4.78, 5) is 179. The molecule has 34 heteroatoms. The molecule has 0 radical (unpaired) electrons. The number of hydrogen-bond acceptors (Lipinski definition) is 19. The fourth-order valence-electron chi connectivity index (χ4n) is 9.71. The minimum absolute atomic E-state index is 0.00937. The average molecular weight is 1420 g/mol. The zero-order chi connectivity index (χ0) is 75.0. The zero-order valence-electron chi connectivity index (χ0n) is 59.5. The first-order chi connectivity index (χ1) is 47.6. The lowest BCUT2D eigenvalue weighted by molar-refractivity contribution is -0.135. The van der Waals surface area contributed by atoms with E-state index in [0.717, 1.165) is 19.3 Å². The predicted octanol–water partition coefficient (Wildman–Crippen LogP) is -2.57. The Bertz CT molecular complexity index is 2740. The SMILES string of the molecule is CCCCCCCCCCCCCCCCON[C@@H](C)C(=O)N[C@@H](C)C(=O)N[C@@H](C)C(=O)N[C@@H](C)C(=O)NCC(=O)NCC(=O)NCC(=O)N[C@@H](CCCCN)C(=O)N[C@@H](Cc1ccc(O)cc1)C(=O)N[C@H](C(=O)NCC(=O)N[C@@H](CO)C(=O)N[C@@H](CCCN=C(N)N)C(N)=O)[C@@H](C)CC. The molecule has 0 aliphatic heterocycles. The Morgan fingerprint density at radius 1 is 0.450 bits per heavy atom. The van der Waals surface area contributed by atoms with Gasteiger partial charge in [0.1, 0.15) is 60.1 Å². The molecule has 0 heterocycles. The van der Waals surface area contributed by atoms with Gasteiger partial charge in [-0.15, -0.1) is 0 Å². The second-order valence-corrected chi connectivity index (χ2v) is 24.9. The van der Waals surface area contributed by atoms with Crippen molar-refractivity contribution in [2.75, 3.05) is 52.5 Å². The van der Waals surface area contributed by atoms with Gasteiger partial charge in [0, 0.05) is 13.0 Å². The maximum absolute atomic E-state index is 14.2. The standard InChI is InChI=1S/C66H116N18O16/c1-8-10-11-12-13-14-15-16-17-18-19-20-21-24-34-100-84-45(7)61(95)78-44(6)60(94)77-43(5)59(93)76-42(4)58(92)74-37-53(88)72-36-52(87)73-38-54(89)79-49(26-22-23-32-67)62(96)82-50(35-46-28-30-47(86)31-29-46)63(97)83-56(41(3)9-2)65(99)75-39-55(90)80-51(40-85)64(98)81-48(57(68)91)27-25-33-71-66(69)70/h28-31,41-45,48-51,56,84-86H,8-27,32-40,67H2,1-7H3,(H2,68,91)(H,72,88)(H,73,87)(H,74,92)(H,75,99)(H,76,93)(H,77,94)(H,78,95)(H,79,89)(H,80,90)(H,81,98)(H,82,96)(H,83,97)(H4,69,70,71)/t41-,42-,43-,44-,45-,48-,49-,50-,51-,56-/m0/s1. The van der Waals surface area contributed by atoms with Crippen LogP contribution in [0.2, 0.25) is 0 Å². The van der Waals surface area contributed by atoms with Gasteiger partial charge in [0.2, 0.25) is 76.8 Å². The topological polar surface area (TPSA) is 544 Å². The van der Waals surface area contributed by atoms with Gasteiger partial charge in [0.05, 0.1) is 39.4 Å². The lowest BCUT2D eigenvalue weighted by Crippen LogP contribution is -2.59. The average Bonchev–Trinajstić information content (AvgIpc) is 0.859.